The molecular weight excluding hydrogens is 332 g/mol. The van der Waals surface area contributed by atoms with Crippen molar-refractivity contribution in [2.75, 3.05) is 33.1 Å². The fourth-order valence-corrected chi connectivity index (χ4v) is 2.64. The van der Waals surface area contributed by atoms with Gasteiger partial charge < -0.3 is 23.8 Å². The summed E-state index contributed by atoms with van der Waals surface area (Å²) in [6.07, 6.45) is 1.53. The Bertz CT molecular complexity index is 877. The van der Waals surface area contributed by atoms with Gasteiger partial charge in [0.1, 0.15) is 11.8 Å². The smallest absolute Gasteiger partial charge is 0.266 e. The molecule has 0 aliphatic rings. The van der Waals surface area contributed by atoms with Crippen LogP contribution in [0, 0.1) is 11.3 Å². The molecule has 3 rings (SSSR count). The highest BCUT2D eigenvalue weighted by Crippen LogP contribution is 2.27. The Morgan fingerprint density at radius 2 is 2.04 bits per heavy atom. The molecule has 0 amide bonds. The summed E-state index contributed by atoms with van der Waals surface area (Å²) >= 11 is 0. The Kier molecular flexibility index (Phi) is 5.25. The molecule has 0 aliphatic heterocycles. The second kappa shape index (κ2) is 7.76. The summed E-state index contributed by atoms with van der Waals surface area (Å²) < 4.78 is 16.2. The third-order valence-corrected chi connectivity index (χ3v) is 4.04. The Morgan fingerprint density at radius 3 is 2.62 bits per heavy atom. The number of benzene rings is 1. The molecule has 0 fully saturated rings. The van der Waals surface area contributed by atoms with Gasteiger partial charge in [0.15, 0.2) is 5.76 Å². The van der Waals surface area contributed by atoms with Gasteiger partial charge in [-0.2, -0.15) is 10.2 Å². The van der Waals surface area contributed by atoms with E-state index in [0.29, 0.717) is 18.2 Å². The van der Waals surface area contributed by atoms with Crippen LogP contribution in [0.3, 0.4) is 0 Å². The van der Waals surface area contributed by atoms with Crippen LogP contribution < -0.4 is 10.1 Å². The number of furan rings is 1. The highest BCUT2D eigenvalue weighted by atomic mass is 16.5. The van der Waals surface area contributed by atoms with Gasteiger partial charge in [-0.3, -0.25) is 0 Å². The van der Waals surface area contributed by atoms with Gasteiger partial charge >= 0.3 is 0 Å². The number of hydrogen-bond acceptors (Lipinski definition) is 7. The highest BCUT2D eigenvalue weighted by Gasteiger charge is 2.19. The average molecular weight is 352 g/mol. The standard InChI is InChI=1S/C19H20N4O3/c1-23(2)16(13-6-8-14(24-3)9-7-13)12-21-18-15(11-20)22-19(26-18)17-5-4-10-25-17/h4-10,16,21H,12H2,1-3H3. The first-order valence-corrected chi connectivity index (χ1v) is 8.11. The maximum absolute atomic E-state index is 9.31. The number of oxazole rings is 1. The largest absolute Gasteiger partial charge is 0.497 e. The molecule has 0 radical (unpaired) electrons. The van der Waals surface area contributed by atoms with Crippen molar-refractivity contribution < 1.29 is 13.6 Å². The van der Waals surface area contributed by atoms with Crippen LogP contribution in [0.15, 0.2) is 51.5 Å². The molecule has 26 heavy (non-hydrogen) atoms. The Labute approximate surface area is 151 Å². The van der Waals surface area contributed by atoms with Crippen LogP contribution >= 0.6 is 0 Å². The summed E-state index contributed by atoms with van der Waals surface area (Å²) in [6, 6.07) is 13.5. The molecule has 0 spiro atoms. The Hall–Kier alpha value is -3.24. The van der Waals surface area contributed by atoms with E-state index in [2.05, 4.69) is 15.2 Å². The van der Waals surface area contributed by atoms with Gasteiger partial charge in [0.2, 0.25) is 11.6 Å². The third kappa shape index (κ3) is 3.71. The molecule has 1 N–H and O–H groups in total. The van der Waals surface area contributed by atoms with Crippen LogP contribution in [0.4, 0.5) is 5.88 Å². The Balaban J connectivity index is 1.78. The number of nitrogens with zero attached hydrogens (tertiary/aromatic N) is 3. The topological polar surface area (TPSA) is 87.5 Å². The molecule has 0 saturated carbocycles. The van der Waals surface area contributed by atoms with E-state index in [9.17, 15) is 5.26 Å². The van der Waals surface area contributed by atoms with Crippen LogP contribution in [0.5, 0.6) is 5.75 Å². The predicted molar refractivity (Wildman–Crippen MR) is 96.8 cm³/mol. The lowest BCUT2D eigenvalue weighted by atomic mass is 10.1. The van der Waals surface area contributed by atoms with Crippen LogP contribution in [-0.4, -0.2) is 37.6 Å². The number of nitrogens with one attached hydrogen (secondary N) is 1. The van der Waals surface area contributed by atoms with Crippen molar-refractivity contribution in [1.29, 1.82) is 5.26 Å². The molecule has 1 unspecified atom stereocenters. The lowest BCUT2D eigenvalue weighted by molar-refractivity contribution is 0.310. The fraction of sp³-hybridized carbons (Fsp3) is 0.263. The molecule has 7 heteroatoms. The van der Waals surface area contributed by atoms with Gasteiger partial charge in [0, 0.05) is 6.54 Å². The lowest BCUT2D eigenvalue weighted by Gasteiger charge is -2.25. The number of anilines is 1. The van der Waals surface area contributed by atoms with E-state index < -0.39 is 0 Å². The third-order valence-electron chi connectivity index (χ3n) is 4.04. The number of nitriles is 1. The van der Waals surface area contributed by atoms with Crippen LogP contribution in [0.2, 0.25) is 0 Å². The summed E-state index contributed by atoms with van der Waals surface area (Å²) in [5.41, 5.74) is 1.32. The van der Waals surface area contributed by atoms with Crippen molar-refractivity contribution in [3.63, 3.8) is 0 Å². The highest BCUT2D eigenvalue weighted by molar-refractivity contribution is 5.54. The maximum Gasteiger partial charge on any atom is 0.266 e. The van der Waals surface area contributed by atoms with Crippen molar-refractivity contribution in [2.45, 2.75) is 6.04 Å². The summed E-state index contributed by atoms with van der Waals surface area (Å²) in [6.45, 7) is 0.542. The zero-order valence-electron chi connectivity index (χ0n) is 14.9. The number of aromatic nitrogens is 1. The molecule has 7 nitrogen and oxygen atoms in total. The monoisotopic (exact) mass is 352 g/mol. The van der Waals surface area contributed by atoms with Gasteiger partial charge in [-0.15, -0.1) is 0 Å². The lowest BCUT2D eigenvalue weighted by Crippen LogP contribution is -2.26. The van der Waals surface area contributed by atoms with Crippen molar-refractivity contribution in [1.82, 2.24) is 9.88 Å². The van der Waals surface area contributed by atoms with Crippen molar-refractivity contribution >= 4 is 5.88 Å². The summed E-state index contributed by atoms with van der Waals surface area (Å²) in [5.74, 6) is 1.90. The molecule has 3 aromatic rings. The summed E-state index contributed by atoms with van der Waals surface area (Å²) in [7, 11) is 5.64. The molecule has 2 heterocycles. The predicted octanol–water partition coefficient (Wildman–Crippen LogP) is 3.53. The SMILES string of the molecule is COc1ccc(C(CNc2oc(-c3ccco3)nc2C#N)N(C)C)cc1. The number of likely N-dealkylation sites (N-methyl/N-ethyl adjacent to an activating group) is 1. The summed E-state index contributed by atoms with van der Waals surface area (Å²) in [4.78, 5) is 6.26. The van der Waals surface area contributed by atoms with E-state index in [-0.39, 0.29) is 17.6 Å². The zero-order chi connectivity index (χ0) is 18.5. The van der Waals surface area contributed by atoms with Gasteiger partial charge in [-0.1, -0.05) is 12.1 Å². The van der Waals surface area contributed by atoms with Crippen molar-refractivity contribution in [3.8, 4) is 23.5 Å². The zero-order valence-corrected chi connectivity index (χ0v) is 14.9. The van der Waals surface area contributed by atoms with Crippen molar-refractivity contribution in [2.24, 2.45) is 0 Å². The van der Waals surface area contributed by atoms with E-state index in [1.54, 1.807) is 19.2 Å². The molecular formula is C19H20N4O3. The van der Waals surface area contributed by atoms with Gasteiger partial charge in [0.05, 0.1) is 19.4 Å². The average Bonchev–Trinajstić information content (AvgIpc) is 3.31. The molecule has 2 aromatic heterocycles. The first-order chi connectivity index (χ1) is 12.6. The van der Waals surface area contributed by atoms with E-state index in [1.807, 2.05) is 44.4 Å². The second-order valence-electron chi connectivity index (χ2n) is 5.92. The Morgan fingerprint density at radius 1 is 1.27 bits per heavy atom. The number of methoxy groups -OCH3 is 1. The van der Waals surface area contributed by atoms with E-state index >= 15 is 0 Å². The minimum atomic E-state index is 0.0737. The first kappa shape index (κ1) is 17.6. The molecule has 1 atom stereocenters. The molecule has 0 bridgehead atoms. The second-order valence-corrected chi connectivity index (χ2v) is 5.92. The van der Waals surface area contributed by atoms with Gasteiger partial charge in [-0.25, -0.2) is 0 Å². The molecule has 0 aliphatic carbocycles. The van der Waals surface area contributed by atoms with Crippen molar-refractivity contribution in [3.05, 3.63) is 53.9 Å². The van der Waals surface area contributed by atoms with Crippen LogP contribution in [-0.2, 0) is 0 Å². The minimum Gasteiger partial charge on any atom is -0.497 e. The summed E-state index contributed by atoms with van der Waals surface area (Å²) in [5, 5.41) is 12.5. The number of ether oxygens (including phenoxy) is 1. The fourth-order valence-electron chi connectivity index (χ4n) is 2.64. The molecule has 134 valence electrons. The van der Waals surface area contributed by atoms with Gasteiger partial charge in [-0.05, 0) is 43.9 Å². The van der Waals surface area contributed by atoms with Crippen LogP contribution in [0.1, 0.15) is 17.3 Å². The quantitative estimate of drug-likeness (QED) is 0.696. The normalized spacial score (nSPS) is 12.0. The number of rotatable bonds is 7. The molecule has 0 saturated heterocycles. The van der Waals surface area contributed by atoms with E-state index in [4.69, 9.17) is 13.6 Å². The van der Waals surface area contributed by atoms with E-state index in [0.717, 1.165) is 11.3 Å². The number of hydrogen-bond donors (Lipinski definition) is 1. The minimum absolute atomic E-state index is 0.0737. The maximum atomic E-state index is 9.31. The van der Waals surface area contributed by atoms with Crippen LogP contribution in [0.25, 0.3) is 11.7 Å². The van der Waals surface area contributed by atoms with E-state index in [1.165, 1.54) is 6.26 Å². The van der Waals surface area contributed by atoms with Gasteiger partial charge in [0.25, 0.3) is 5.89 Å². The first-order valence-electron chi connectivity index (χ1n) is 8.11. The molecule has 1 aromatic carbocycles.